The van der Waals surface area contributed by atoms with E-state index in [-0.39, 0.29) is 5.69 Å². The number of hydrogen-bond donors (Lipinski definition) is 2. The fourth-order valence-electron chi connectivity index (χ4n) is 3.33. The summed E-state index contributed by atoms with van der Waals surface area (Å²) in [7, 11) is 0. The number of nitrogens with one attached hydrogen (secondary N) is 1. The van der Waals surface area contributed by atoms with E-state index >= 15 is 0 Å². The van der Waals surface area contributed by atoms with Crippen LogP contribution in [0.4, 0.5) is 5.95 Å². The Morgan fingerprint density at radius 3 is 2.83 bits per heavy atom. The fourth-order valence-corrected chi connectivity index (χ4v) is 3.33. The molecule has 18 heavy (non-hydrogen) atoms. The summed E-state index contributed by atoms with van der Waals surface area (Å²) in [4.78, 5) is 19.3. The molecule has 2 N–H and O–H groups in total. The van der Waals surface area contributed by atoms with Gasteiger partial charge in [0.25, 0.3) is 0 Å². The van der Waals surface area contributed by atoms with Gasteiger partial charge in [-0.3, -0.25) is 0 Å². The fraction of sp³-hybridized carbons (Fsp3) is 0.615. The Labute approximate surface area is 106 Å². The SMILES string of the molecule is Cc1cc(C(=O)O)nc(NC2CC3CCC2C3)n1. The maximum Gasteiger partial charge on any atom is 0.354 e. The van der Waals surface area contributed by atoms with Gasteiger partial charge in [0.2, 0.25) is 5.95 Å². The molecule has 0 aromatic carbocycles. The van der Waals surface area contributed by atoms with Crippen LogP contribution in [0, 0.1) is 18.8 Å². The summed E-state index contributed by atoms with van der Waals surface area (Å²) in [6.07, 6.45) is 5.09. The number of aromatic nitrogens is 2. The minimum atomic E-state index is -1.00. The molecule has 96 valence electrons. The first-order chi connectivity index (χ1) is 8.61. The van der Waals surface area contributed by atoms with Crippen LogP contribution < -0.4 is 5.32 Å². The molecule has 0 amide bonds. The number of fused-ring (bicyclic) bond motifs is 2. The second-order valence-corrected chi connectivity index (χ2v) is 5.45. The van der Waals surface area contributed by atoms with E-state index in [4.69, 9.17) is 5.11 Å². The lowest BCUT2D eigenvalue weighted by molar-refractivity contribution is 0.0690. The first-order valence-corrected chi connectivity index (χ1v) is 6.47. The lowest BCUT2D eigenvalue weighted by atomic mass is 9.95. The van der Waals surface area contributed by atoms with Gasteiger partial charge in [-0.25, -0.2) is 14.8 Å². The third-order valence-electron chi connectivity index (χ3n) is 4.13. The lowest BCUT2D eigenvalue weighted by Crippen LogP contribution is -2.27. The summed E-state index contributed by atoms with van der Waals surface area (Å²) in [6.45, 7) is 1.79. The van der Waals surface area contributed by atoms with Gasteiger partial charge >= 0.3 is 5.97 Å². The zero-order chi connectivity index (χ0) is 12.7. The van der Waals surface area contributed by atoms with E-state index in [9.17, 15) is 4.79 Å². The third kappa shape index (κ3) is 2.05. The summed E-state index contributed by atoms with van der Waals surface area (Å²) < 4.78 is 0. The molecule has 5 heteroatoms. The number of hydrogen-bond acceptors (Lipinski definition) is 4. The number of nitrogens with zero attached hydrogens (tertiary/aromatic N) is 2. The largest absolute Gasteiger partial charge is 0.477 e. The Morgan fingerprint density at radius 1 is 1.39 bits per heavy atom. The molecule has 3 atom stereocenters. The molecule has 0 radical (unpaired) electrons. The Balaban J connectivity index is 1.78. The summed E-state index contributed by atoms with van der Waals surface area (Å²) in [5, 5.41) is 12.3. The van der Waals surface area contributed by atoms with Crippen molar-refractivity contribution in [2.75, 3.05) is 5.32 Å². The molecule has 2 fully saturated rings. The molecule has 3 unspecified atom stereocenters. The van der Waals surface area contributed by atoms with E-state index in [1.807, 2.05) is 0 Å². The van der Waals surface area contributed by atoms with Gasteiger partial charge in [0.15, 0.2) is 5.69 Å². The number of anilines is 1. The van der Waals surface area contributed by atoms with Gasteiger partial charge in [0.1, 0.15) is 0 Å². The van der Waals surface area contributed by atoms with Crippen molar-refractivity contribution < 1.29 is 9.90 Å². The maximum atomic E-state index is 11.0. The molecule has 2 bridgehead atoms. The minimum Gasteiger partial charge on any atom is -0.477 e. The highest BCUT2D eigenvalue weighted by Gasteiger charge is 2.39. The Morgan fingerprint density at radius 2 is 2.22 bits per heavy atom. The average Bonchev–Trinajstić information content (AvgIpc) is 2.90. The van der Waals surface area contributed by atoms with Gasteiger partial charge in [-0.1, -0.05) is 6.42 Å². The molecule has 2 aliphatic carbocycles. The summed E-state index contributed by atoms with van der Waals surface area (Å²) >= 11 is 0. The second kappa shape index (κ2) is 4.23. The summed E-state index contributed by atoms with van der Waals surface area (Å²) in [6, 6.07) is 1.92. The zero-order valence-corrected chi connectivity index (χ0v) is 10.4. The van der Waals surface area contributed by atoms with Crippen molar-refractivity contribution in [3.8, 4) is 0 Å². The zero-order valence-electron chi connectivity index (χ0n) is 10.4. The molecule has 0 aliphatic heterocycles. The van der Waals surface area contributed by atoms with Gasteiger partial charge in [-0.2, -0.15) is 0 Å². The molecule has 3 rings (SSSR count). The molecule has 1 aromatic rings. The molecule has 5 nitrogen and oxygen atoms in total. The van der Waals surface area contributed by atoms with Crippen molar-refractivity contribution in [3.63, 3.8) is 0 Å². The first kappa shape index (κ1) is 11.4. The summed E-state index contributed by atoms with van der Waals surface area (Å²) in [5.41, 5.74) is 0.751. The number of aryl methyl sites for hydroxylation is 1. The van der Waals surface area contributed by atoms with E-state index in [2.05, 4.69) is 15.3 Å². The van der Waals surface area contributed by atoms with Gasteiger partial charge in [-0.05, 0) is 44.1 Å². The highest BCUT2D eigenvalue weighted by molar-refractivity contribution is 5.85. The van der Waals surface area contributed by atoms with Gasteiger partial charge in [-0.15, -0.1) is 0 Å². The highest BCUT2D eigenvalue weighted by atomic mass is 16.4. The average molecular weight is 247 g/mol. The van der Waals surface area contributed by atoms with Crippen molar-refractivity contribution in [3.05, 3.63) is 17.5 Å². The molecule has 2 aliphatic rings. The van der Waals surface area contributed by atoms with Crippen LogP contribution in [0.15, 0.2) is 6.07 Å². The Kier molecular flexibility index (Phi) is 2.69. The van der Waals surface area contributed by atoms with E-state index in [0.29, 0.717) is 23.6 Å². The van der Waals surface area contributed by atoms with Crippen LogP contribution in [-0.4, -0.2) is 27.1 Å². The molecule has 1 aromatic heterocycles. The molecule has 0 saturated heterocycles. The van der Waals surface area contributed by atoms with Crippen LogP contribution in [0.2, 0.25) is 0 Å². The van der Waals surface area contributed by atoms with Crippen molar-refractivity contribution in [1.29, 1.82) is 0 Å². The number of carboxylic acid groups (broad SMARTS) is 1. The predicted molar refractivity (Wildman–Crippen MR) is 66.6 cm³/mol. The van der Waals surface area contributed by atoms with Gasteiger partial charge in [0, 0.05) is 11.7 Å². The molecule has 0 spiro atoms. The Bertz CT molecular complexity index is 489. The summed E-state index contributed by atoms with van der Waals surface area (Å²) in [5.74, 6) is 1.02. The van der Waals surface area contributed by atoms with Crippen LogP contribution in [-0.2, 0) is 0 Å². The third-order valence-corrected chi connectivity index (χ3v) is 4.13. The lowest BCUT2D eigenvalue weighted by Gasteiger charge is -2.22. The van der Waals surface area contributed by atoms with Crippen molar-refractivity contribution >= 4 is 11.9 Å². The van der Waals surface area contributed by atoms with Crippen LogP contribution in [0.1, 0.15) is 41.9 Å². The van der Waals surface area contributed by atoms with E-state index in [0.717, 1.165) is 5.92 Å². The molecule has 2 saturated carbocycles. The van der Waals surface area contributed by atoms with Crippen LogP contribution in [0.3, 0.4) is 0 Å². The van der Waals surface area contributed by atoms with E-state index in [1.165, 1.54) is 31.7 Å². The molecular weight excluding hydrogens is 230 g/mol. The topological polar surface area (TPSA) is 75.1 Å². The second-order valence-electron chi connectivity index (χ2n) is 5.45. The van der Waals surface area contributed by atoms with Gasteiger partial charge < -0.3 is 10.4 Å². The van der Waals surface area contributed by atoms with Gasteiger partial charge in [0.05, 0.1) is 0 Å². The number of carbonyl (C=O) groups is 1. The first-order valence-electron chi connectivity index (χ1n) is 6.47. The number of aromatic carboxylic acids is 1. The normalized spacial score (nSPS) is 29.5. The molecular formula is C13H17N3O2. The van der Waals surface area contributed by atoms with Crippen molar-refractivity contribution in [2.24, 2.45) is 11.8 Å². The van der Waals surface area contributed by atoms with Crippen LogP contribution in [0.5, 0.6) is 0 Å². The van der Waals surface area contributed by atoms with Crippen molar-refractivity contribution in [2.45, 2.75) is 38.6 Å². The smallest absolute Gasteiger partial charge is 0.354 e. The predicted octanol–water partition coefficient (Wildman–Crippen LogP) is 2.08. The number of rotatable bonds is 3. The van der Waals surface area contributed by atoms with Crippen LogP contribution in [0.25, 0.3) is 0 Å². The minimum absolute atomic E-state index is 0.0631. The standard InChI is InChI=1S/C13H17N3O2/c1-7-4-11(12(17)18)16-13(14-7)15-10-6-8-2-3-9(10)5-8/h4,8-10H,2-3,5-6H2,1H3,(H,17,18)(H,14,15,16). The van der Waals surface area contributed by atoms with E-state index < -0.39 is 5.97 Å². The number of carboxylic acids is 1. The highest BCUT2D eigenvalue weighted by Crippen LogP contribution is 2.45. The van der Waals surface area contributed by atoms with Crippen molar-refractivity contribution in [1.82, 2.24) is 9.97 Å². The maximum absolute atomic E-state index is 11.0. The van der Waals surface area contributed by atoms with Crippen LogP contribution >= 0.6 is 0 Å². The van der Waals surface area contributed by atoms with E-state index in [1.54, 1.807) is 6.92 Å². The Hall–Kier alpha value is -1.65. The quantitative estimate of drug-likeness (QED) is 0.855. The monoisotopic (exact) mass is 247 g/mol. The molecule has 1 heterocycles.